The molecule has 2 N–H and O–H groups in total. The summed E-state index contributed by atoms with van der Waals surface area (Å²) >= 11 is 9.17. The van der Waals surface area contributed by atoms with Crippen molar-refractivity contribution in [2.24, 2.45) is 5.73 Å². The third kappa shape index (κ3) is 3.32. The summed E-state index contributed by atoms with van der Waals surface area (Å²) in [7, 11) is 0. The Morgan fingerprint density at radius 1 is 1.30 bits per heavy atom. The van der Waals surface area contributed by atoms with Gasteiger partial charge in [0.25, 0.3) is 0 Å². The molecule has 1 atom stereocenters. The highest BCUT2D eigenvalue weighted by Crippen LogP contribution is 2.31. The molecule has 0 aliphatic rings. The van der Waals surface area contributed by atoms with Gasteiger partial charge in [-0.25, -0.2) is 4.39 Å². The van der Waals surface area contributed by atoms with Crippen molar-refractivity contribution in [3.05, 3.63) is 62.8 Å². The molecular weight excluding hydrogens is 345 g/mol. The van der Waals surface area contributed by atoms with Crippen LogP contribution in [0.25, 0.3) is 0 Å². The summed E-state index contributed by atoms with van der Waals surface area (Å²) in [4.78, 5) is 0. The third-order valence-corrected chi connectivity index (χ3v) is 3.77. The molecule has 20 heavy (non-hydrogen) atoms. The molecule has 0 aromatic heterocycles. The average molecular weight is 359 g/mol. The van der Waals surface area contributed by atoms with Crippen molar-refractivity contribution in [2.75, 3.05) is 6.61 Å². The third-order valence-electron chi connectivity index (χ3n) is 2.91. The Morgan fingerprint density at radius 2 is 2.05 bits per heavy atom. The van der Waals surface area contributed by atoms with Crippen LogP contribution in [0.15, 0.2) is 40.9 Å². The van der Waals surface area contributed by atoms with E-state index in [-0.39, 0.29) is 0 Å². The monoisotopic (exact) mass is 357 g/mol. The quantitative estimate of drug-likeness (QED) is 0.860. The predicted octanol–water partition coefficient (Wildman–Crippen LogP) is 4.69. The number of halogens is 3. The van der Waals surface area contributed by atoms with E-state index in [2.05, 4.69) is 15.9 Å². The van der Waals surface area contributed by atoms with Crippen LogP contribution in [0, 0.1) is 5.82 Å². The first kappa shape index (κ1) is 15.3. The SMILES string of the molecule is CCOc1ccc(C(N)c2ccc(Cl)cc2F)cc1Br. The van der Waals surface area contributed by atoms with E-state index >= 15 is 0 Å². The standard InChI is InChI=1S/C15H14BrClFNO/c1-2-20-14-6-3-9(7-12(14)16)15(19)11-5-4-10(17)8-13(11)18/h3-8,15H,2,19H2,1H3. The van der Waals surface area contributed by atoms with Gasteiger partial charge in [-0.15, -0.1) is 0 Å². The highest BCUT2D eigenvalue weighted by atomic mass is 79.9. The van der Waals surface area contributed by atoms with Crippen molar-refractivity contribution in [3.8, 4) is 5.75 Å². The fourth-order valence-electron chi connectivity index (χ4n) is 1.92. The summed E-state index contributed by atoms with van der Waals surface area (Å²) in [6.45, 7) is 2.49. The summed E-state index contributed by atoms with van der Waals surface area (Å²) in [5.74, 6) is 0.329. The predicted molar refractivity (Wildman–Crippen MR) is 82.8 cm³/mol. The van der Waals surface area contributed by atoms with Crippen LogP contribution in [0.3, 0.4) is 0 Å². The van der Waals surface area contributed by atoms with Crippen molar-refractivity contribution in [1.29, 1.82) is 0 Å². The Bertz CT molecular complexity index is 621. The molecule has 0 spiro atoms. The largest absolute Gasteiger partial charge is 0.493 e. The molecule has 1 unspecified atom stereocenters. The Morgan fingerprint density at radius 3 is 2.65 bits per heavy atom. The first-order valence-corrected chi connectivity index (χ1v) is 7.32. The van der Waals surface area contributed by atoms with Crippen LogP contribution in [0.5, 0.6) is 5.75 Å². The van der Waals surface area contributed by atoms with Gasteiger partial charge in [-0.1, -0.05) is 23.7 Å². The maximum Gasteiger partial charge on any atom is 0.133 e. The molecule has 2 aromatic rings. The molecule has 0 fully saturated rings. The minimum atomic E-state index is -0.556. The fourth-order valence-corrected chi connectivity index (χ4v) is 2.59. The number of rotatable bonds is 4. The van der Waals surface area contributed by atoms with E-state index in [0.29, 0.717) is 17.2 Å². The highest BCUT2D eigenvalue weighted by molar-refractivity contribution is 9.10. The summed E-state index contributed by atoms with van der Waals surface area (Å²) in [5, 5.41) is 0.353. The van der Waals surface area contributed by atoms with Crippen molar-refractivity contribution >= 4 is 27.5 Å². The van der Waals surface area contributed by atoms with E-state index in [0.717, 1.165) is 15.8 Å². The molecule has 0 saturated carbocycles. The van der Waals surface area contributed by atoms with E-state index in [9.17, 15) is 4.39 Å². The molecule has 0 radical (unpaired) electrons. The van der Waals surface area contributed by atoms with E-state index in [1.165, 1.54) is 6.07 Å². The van der Waals surface area contributed by atoms with Crippen LogP contribution in [0.2, 0.25) is 5.02 Å². The minimum Gasteiger partial charge on any atom is -0.493 e. The van der Waals surface area contributed by atoms with E-state index in [1.54, 1.807) is 12.1 Å². The Balaban J connectivity index is 2.33. The van der Waals surface area contributed by atoms with Gasteiger partial charge in [0.05, 0.1) is 17.1 Å². The van der Waals surface area contributed by atoms with Crippen LogP contribution < -0.4 is 10.5 Å². The zero-order valence-corrected chi connectivity index (χ0v) is 13.2. The van der Waals surface area contributed by atoms with Gasteiger partial charge in [-0.05, 0) is 52.7 Å². The smallest absolute Gasteiger partial charge is 0.133 e. The van der Waals surface area contributed by atoms with Gasteiger partial charge < -0.3 is 10.5 Å². The van der Waals surface area contributed by atoms with Crippen LogP contribution in [-0.2, 0) is 0 Å². The molecular formula is C15H14BrClFNO. The molecule has 0 saturated heterocycles. The molecule has 0 amide bonds. The minimum absolute atomic E-state index is 0.353. The molecule has 0 aliphatic carbocycles. The molecule has 106 valence electrons. The van der Waals surface area contributed by atoms with E-state index in [1.807, 2.05) is 25.1 Å². The highest BCUT2D eigenvalue weighted by Gasteiger charge is 2.15. The number of hydrogen-bond donors (Lipinski definition) is 1. The van der Waals surface area contributed by atoms with Gasteiger partial charge in [0.2, 0.25) is 0 Å². The second-order valence-corrected chi connectivity index (χ2v) is 5.56. The first-order chi connectivity index (χ1) is 9.52. The lowest BCUT2D eigenvalue weighted by Crippen LogP contribution is -2.13. The van der Waals surface area contributed by atoms with Gasteiger partial charge in [-0.3, -0.25) is 0 Å². The van der Waals surface area contributed by atoms with Crippen molar-refractivity contribution in [3.63, 3.8) is 0 Å². The zero-order valence-electron chi connectivity index (χ0n) is 10.9. The van der Waals surface area contributed by atoms with Crippen molar-refractivity contribution in [2.45, 2.75) is 13.0 Å². The maximum absolute atomic E-state index is 13.9. The van der Waals surface area contributed by atoms with Gasteiger partial charge in [-0.2, -0.15) is 0 Å². The number of nitrogens with two attached hydrogens (primary N) is 1. The van der Waals surface area contributed by atoms with E-state index in [4.69, 9.17) is 22.1 Å². The molecule has 0 heterocycles. The Kier molecular flexibility index (Phi) is 5.02. The van der Waals surface area contributed by atoms with Crippen molar-refractivity contribution in [1.82, 2.24) is 0 Å². The van der Waals surface area contributed by atoms with Crippen molar-refractivity contribution < 1.29 is 9.13 Å². The number of benzene rings is 2. The lowest BCUT2D eigenvalue weighted by atomic mass is 9.99. The van der Waals surface area contributed by atoms with Gasteiger partial charge >= 0.3 is 0 Å². The van der Waals surface area contributed by atoms with Crippen LogP contribution in [0.1, 0.15) is 24.1 Å². The lowest BCUT2D eigenvalue weighted by molar-refractivity contribution is 0.338. The molecule has 2 aromatic carbocycles. The normalized spacial score (nSPS) is 12.2. The van der Waals surface area contributed by atoms with Crippen LogP contribution in [0.4, 0.5) is 4.39 Å². The maximum atomic E-state index is 13.9. The number of ether oxygens (including phenoxy) is 1. The second-order valence-electron chi connectivity index (χ2n) is 4.27. The zero-order chi connectivity index (χ0) is 14.7. The summed E-state index contributed by atoms with van der Waals surface area (Å²) < 4.78 is 20.1. The Labute approximate surface area is 130 Å². The van der Waals surface area contributed by atoms with E-state index < -0.39 is 11.9 Å². The summed E-state index contributed by atoms with van der Waals surface area (Å²) in [6.07, 6.45) is 0. The second kappa shape index (κ2) is 6.57. The van der Waals surface area contributed by atoms with Gasteiger partial charge in [0.1, 0.15) is 11.6 Å². The summed E-state index contributed by atoms with van der Waals surface area (Å²) in [6, 6.07) is 9.42. The van der Waals surface area contributed by atoms with Crippen LogP contribution >= 0.6 is 27.5 Å². The number of hydrogen-bond acceptors (Lipinski definition) is 2. The van der Waals surface area contributed by atoms with Gasteiger partial charge in [0, 0.05) is 10.6 Å². The molecule has 0 aliphatic heterocycles. The molecule has 2 nitrogen and oxygen atoms in total. The van der Waals surface area contributed by atoms with Crippen LogP contribution in [-0.4, -0.2) is 6.61 Å². The molecule has 0 bridgehead atoms. The topological polar surface area (TPSA) is 35.2 Å². The summed E-state index contributed by atoms with van der Waals surface area (Å²) in [5.41, 5.74) is 7.32. The lowest BCUT2D eigenvalue weighted by Gasteiger charge is -2.15. The Hall–Kier alpha value is -1.10. The molecule has 5 heteroatoms. The first-order valence-electron chi connectivity index (χ1n) is 6.15. The fraction of sp³-hybridized carbons (Fsp3) is 0.200. The average Bonchev–Trinajstić information content (AvgIpc) is 2.40. The van der Waals surface area contributed by atoms with Gasteiger partial charge in [0.15, 0.2) is 0 Å². The molecule has 2 rings (SSSR count).